The summed E-state index contributed by atoms with van der Waals surface area (Å²) in [6, 6.07) is 0. The van der Waals surface area contributed by atoms with E-state index in [2.05, 4.69) is 14.9 Å². The summed E-state index contributed by atoms with van der Waals surface area (Å²) >= 11 is 0. The minimum absolute atomic E-state index is 0.134. The predicted molar refractivity (Wildman–Crippen MR) is 67.6 cm³/mol. The molecule has 2 aromatic heterocycles. The summed E-state index contributed by atoms with van der Waals surface area (Å²) in [5.74, 6) is 1.97. The lowest BCUT2D eigenvalue weighted by atomic mass is 10.4. The van der Waals surface area contributed by atoms with E-state index in [1.165, 1.54) is 0 Å². The van der Waals surface area contributed by atoms with Crippen LogP contribution >= 0.6 is 0 Å². The van der Waals surface area contributed by atoms with Gasteiger partial charge in [-0.15, -0.1) is 0 Å². The minimum atomic E-state index is 0.134. The van der Waals surface area contributed by atoms with Gasteiger partial charge in [-0.2, -0.15) is 0 Å². The van der Waals surface area contributed by atoms with E-state index in [4.69, 9.17) is 5.11 Å². The Morgan fingerprint density at radius 2 is 1.56 bits per heavy atom. The standard InChI is InChI=1S/C12H19N5O/c1-15-5-3-13-11(15)9-17(7-8-18)10-12-14-4-6-16(12)2/h3-6,18H,7-10H2,1-2H3. The van der Waals surface area contributed by atoms with E-state index in [1.807, 2.05) is 35.6 Å². The average Bonchev–Trinajstić information content (AvgIpc) is 2.90. The molecule has 18 heavy (non-hydrogen) atoms. The van der Waals surface area contributed by atoms with Crippen LogP contribution in [0.5, 0.6) is 0 Å². The van der Waals surface area contributed by atoms with Gasteiger partial charge in [-0.1, -0.05) is 0 Å². The van der Waals surface area contributed by atoms with Crippen molar-refractivity contribution in [3.05, 3.63) is 36.4 Å². The molecule has 2 aromatic rings. The summed E-state index contributed by atoms with van der Waals surface area (Å²) < 4.78 is 3.98. The van der Waals surface area contributed by atoms with Gasteiger partial charge < -0.3 is 14.2 Å². The first-order valence-corrected chi connectivity index (χ1v) is 5.96. The van der Waals surface area contributed by atoms with Crippen molar-refractivity contribution in [3.63, 3.8) is 0 Å². The lowest BCUT2D eigenvalue weighted by molar-refractivity contribution is 0.176. The topological polar surface area (TPSA) is 59.1 Å². The zero-order valence-electron chi connectivity index (χ0n) is 10.8. The van der Waals surface area contributed by atoms with Crippen molar-refractivity contribution < 1.29 is 5.11 Å². The molecule has 0 spiro atoms. The summed E-state index contributed by atoms with van der Waals surface area (Å²) in [4.78, 5) is 10.7. The summed E-state index contributed by atoms with van der Waals surface area (Å²) in [5.41, 5.74) is 0. The number of hydrogen-bond acceptors (Lipinski definition) is 4. The van der Waals surface area contributed by atoms with Gasteiger partial charge in [0.1, 0.15) is 11.6 Å². The second kappa shape index (κ2) is 5.79. The van der Waals surface area contributed by atoms with Crippen LogP contribution in [0, 0.1) is 0 Å². The SMILES string of the molecule is Cn1ccnc1CN(CCO)Cc1nccn1C. The molecule has 0 radical (unpaired) electrons. The predicted octanol–water partition coefficient (Wildman–Crippen LogP) is 0.148. The zero-order chi connectivity index (χ0) is 13.0. The van der Waals surface area contributed by atoms with Crippen LogP contribution in [-0.2, 0) is 27.2 Å². The Balaban J connectivity index is 2.04. The molecule has 2 heterocycles. The fourth-order valence-electron chi connectivity index (χ4n) is 1.85. The number of rotatable bonds is 6. The molecule has 6 nitrogen and oxygen atoms in total. The quantitative estimate of drug-likeness (QED) is 0.791. The van der Waals surface area contributed by atoms with Crippen molar-refractivity contribution >= 4 is 0 Å². The normalized spacial score (nSPS) is 11.3. The Bertz CT molecular complexity index is 448. The van der Waals surface area contributed by atoms with E-state index in [9.17, 15) is 0 Å². The van der Waals surface area contributed by atoms with Crippen molar-refractivity contribution in [2.75, 3.05) is 13.2 Å². The van der Waals surface area contributed by atoms with E-state index in [0.29, 0.717) is 19.6 Å². The van der Waals surface area contributed by atoms with Gasteiger partial charge >= 0.3 is 0 Å². The zero-order valence-corrected chi connectivity index (χ0v) is 10.8. The molecule has 0 aromatic carbocycles. The monoisotopic (exact) mass is 249 g/mol. The Labute approximate surface area is 107 Å². The molecule has 0 unspecified atom stereocenters. The molecule has 0 aliphatic rings. The van der Waals surface area contributed by atoms with Crippen molar-refractivity contribution in [2.45, 2.75) is 13.1 Å². The third-order valence-electron chi connectivity index (χ3n) is 2.99. The van der Waals surface area contributed by atoms with Gasteiger partial charge in [0.2, 0.25) is 0 Å². The largest absolute Gasteiger partial charge is 0.395 e. The van der Waals surface area contributed by atoms with Gasteiger partial charge in [-0.3, -0.25) is 4.90 Å². The molecular weight excluding hydrogens is 230 g/mol. The van der Waals surface area contributed by atoms with Crippen LogP contribution in [0.2, 0.25) is 0 Å². The van der Waals surface area contributed by atoms with E-state index in [-0.39, 0.29) is 6.61 Å². The van der Waals surface area contributed by atoms with Gasteiger partial charge in [0, 0.05) is 45.4 Å². The molecular formula is C12H19N5O. The highest BCUT2D eigenvalue weighted by Gasteiger charge is 2.11. The Morgan fingerprint density at radius 1 is 1.06 bits per heavy atom. The van der Waals surface area contributed by atoms with Crippen molar-refractivity contribution in [2.24, 2.45) is 14.1 Å². The number of aryl methyl sites for hydroxylation is 2. The van der Waals surface area contributed by atoms with Crippen LogP contribution in [0.4, 0.5) is 0 Å². The third kappa shape index (κ3) is 2.96. The second-order valence-electron chi connectivity index (χ2n) is 4.34. The van der Waals surface area contributed by atoms with Crippen LogP contribution in [0.1, 0.15) is 11.6 Å². The lowest BCUT2D eigenvalue weighted by Gasteiger charge is -2.20. The Hall–Kier alpha value is -1.66. The highest BCUT2D eigenvalue weighted by atomic mass is 16.3. The maximum absolute atomic E-state index is 9.14. The smallest absolute Gasteiger partial charge is 0.122 e. The summed E-state index contributed by atoms with van der Waals surface area (Å²) in [6.07, 6.45) is 7.42. The van der Waals surface area contributed by atoms with Gasteiger partial charge in [0.05, 0.1) is 19.7 Å². The molecule has 2 rings (SSSR count). The molecule has 6 heteroatoms. The molecule has 0 aliphatic carbocycles. The Kier molecular flexibility index (Phi) is 4.11. The highest BCUT2D eigenvalue weighted by Crippen LogP contribution is 2.06. The second-order valence-corrected chi connectivity index (χ2v) is 4.34. The van der Waals surface area contributed by atoms with Gasteiger partial charge in [-0.25, -0.2) is 9.97 Å². The first-order valence-electron chi connectivity index (χ1n) is 5.96. The maximum Gasteiger partial charge on any atom is 0.122 e. The molecule has 98 valence electrons. The molecule has 0 fully saturated rings. The molecule has 1 N–H and O–H groups in total. The van der Waals surface area contributed by atoms with Gasteiger partial charge in [0.15, 0.2) is 0 Å². The number of hydrogen-bond donors (Lipinski definition) is 1. The number of imidazole rings is 2. The average molecular weight is 249 g/mol. The maximum atomic E-state index is 9.14. The van der Waals surface area contributed by atoms with E-state index in [0.717, 1.165) is 11.6 Å². The van der Waals surface area contributed by atoms with Gasteiger partial charge in [-0.05, 0) is 0 Å². The highest BCUT2D eigenvalue weighted by molar-refractivity contribution is 4.94. The fourth-order valence-corrected chi connectivity index (χ4v) is 1.85. The first kappa shape index (κ1) is 12.8. The van der Waals surface area contributed by atoms with E-state index < -0.39 is 0 Å². The molecule has 0 aliphatic heterocycles. The molecule has 0 saturated heterocycles. The number of aromatic nitrogens is 4. The minimum Gasteiger partial charge on any atom is -0.395 e. The van der Waals surface area contributed by atoms with Crippen LogP contribution in [0.3, 0.4) is 0 Å². The van der Waals surface area contributed by atoms with E-state index >= 15 is 0 Å². The molecule has 0 bridgehead atoms. The van der Waals surface area contributed by atoms with Crippen molar-refractivity contribution in [3.8, 4) is 0 Å². The van der Waals surface area contributed by atoms with Crippen LogP contribution in [-0.4, -0.2) is 42.3 Å². The van der Waals surface area contributed by atoms with Crippen molar-refractivity contribution in [1.82, 2.24) is 24.0 Å². The van der Waals surface area contributed by atoms with E-state index in [1.54, 1.807) is 12.4 Å². The number of nitrogens with zero attached hydrogens (tertiary/aromatic N) is 5. The first-order chi connectivity index (χ1) is 8.70. The lowest BCUT2D eigenvalue weighted by Crippen LogP contribution is -2.28. The van der Waals surface area contributed by atoms with Gasteiger partial charge in [0.25, 0.3) is 0 Å². The molecule has 0 amide bonds. The molecule has 0 saturated carbocycles. The Morgan fingerprint density at radius 3 is 1.89 bits per heavy atom. The van der Waals surface area contributed by atoms with Crippen LogP contribution in [0.25, 0.3) is 0 Å². The third-order valence-corrected chi connectivity index (χ3v) is 2.99. The fraction of sp³-hybridized carbons (Fsp3) is 0.500. The van der Waals surface area contributed by atoms with Crippen LogP contribution < -0.4 is 0 Å². The molecule has 0 atom stereocenters. The summed E-state index contributed by atoms with van der Waals surface area (Å²) in [5, 5.41) is 9.14. The van der Waals surface area contributed by atoms with Crippen LogP contribution in [0.15, 0.2) is 24.8 Å². The summed E-state index contributed by atoms with van der Waals surface area (Å²) in [6.45, 7) is 2.16. The number of aliphatic hydroxyl groups is 1. The summed E-state index contributed by atoms with van der Waals surface area (Å²) in [7, 11) is 3.94. The van der Waals surface area contributed by atoms with Crippen molar-refractivity contribution in [1.29, 1.82) is 0 Å². The number of aliphatic hydroxyl groups excluding tert-OH is 1.